The number of carbonyl (C=O) groups is 2. The molecule has 31 heavy (non-hydrogen) atoms. The van der Waals surface area contributed by atoms with Crippen molar-refractivity contribution in [3.05, 3.63) is 71.8 Å². The number of likely N-dealkylation sites (N-methyl/N-ethyl adjacent to an activating group) is 1. The minimum Gasteiger partial charge on any atom is -0.465 e. The van der Waals surface area contributed by atoms with Crippen molar-refractivity contribution < 1.29 is 29.2 Å². The fraction of sp³-hybridized carbons (Fsp3) is 0.417. The minimum atomic E-state index is -2.46. The molecule has 2 saturated heterocycles. The van der Waals surface area contributed by atoms with Crippen molar-refractivity contribution in [2.45, 2.75) is 37.6 Å². The number of rotatable bonds is 6. The van der Waals surface area contributed by atoms with Crippen LogP contribution in [0.5, 0.6) is 0 Å². The van der Waals surface area contributed by atoms with Crippen LogP contribution in [0.25, 0.3) is 0 Å². The van der Waals surface area contributed by atoms with Gasteiger partial charge in [-0.3, -0.25) is 9.59 Å². The number of likely N-dealkylation sites (tertiary alicyclic amines) is 1. The summed E-state index contributed by atoms with van der Waals surface area (Å²) in [6.07, 6.45) is 1.51. The molecule has 4 rings (SSSR count). The number of esters is 1. The molecule has 0 radical (unpaired) electrons. The molecule has 0 aliphatic carbocycles. The Labute approximate surface area is 181 Å². The number of aliphatic hydroxyl groups is 1. The molecule has 2 aromatic carbocycles. The van der Waals surface area contributed by atoms with Crippen LogP contribution in [0.15, 0.2) is 60.7 Å². The molecule has 1 amide bonds. The van der Waals surface area contributed by atoms with Gasteiger partial charge >= 0.3 is 5.97 Å². The fourth-order valence-electron chi connectivity index (χ4n) is 4.53. The Morgan fingerprint density at radius 3 is 2.19 bits per heavy atom. The number of carbonyl (C=O) groups excluding carboxylic acids is 2. The average molecular weight is 425 g/mol. The summed E-state index contributed by atoms with van der Waals surface area (Å²) in [4.78, 5) is 38.9. The van der Waals surface area contributed by atoms with Crippen LogP contribution < -0.4 is 0 Å². The highest BCUT2D eigenvalue weighted by molar-refractivity contribution is 5.96. The van der Waals surface area contributed by atoms with Gasteiger partial charge in [0, 0.05) is 20.0 Å². The maximum absolute atomic E-state index is 13.4. The molecule has 2 aliphatic heterocycles. The summed E-state index contributed by atoms with van der Waals surface area (Å²) in [5.74, 6) is -3.85. The average Bonchev–Trinajstić information content (AvgIpc) is 3.01. The Balaban J connectivity index is 1.85. The molecular weight excluding hydrogens is 398 g/mol. The molecule has 0 spiro atoms. The van der Waals surface area contributed by atoms with Gasteiger partial charge in [0.15, 0.2) is 11.0 Å². The van der Waals surface area contributed by atoms with Crippen molar-refractivity contribution in [1.29, 1.82) is 0 Å². The zero-order chi connectivity index (χ0) is 22.1. The van der Waals surface area contributed by atoms with E-state index >= 15 is 0 Å². The third-order valence-electron chi connectivity index (χ3n) is 6.25. The molecule has 2 aromatic rings. The van der Waals surface area contributed by atoms with Gasteiger partial charge in [-0.15, -0.1) is 0 Å². The number of nitrogens with zero attached hydrogens (tertiary/aromatic N) is 1. The maximum atomic E-state index is 13.4. The van der Waals surface area contributed by atoms with Crippen LogP contribution in [0, 0.1) is 5.41 Å². The summed E-state index contributed by atoms with van der Waals surface area (Å²) in [5, 5.41) is 11.3. The van der Waals surface area contributed by atoms with Gasteiger partial charge < -0.3 is 14.7 Å². The molecule has 1 N–H and O–H groups in total. The fourth-order valence-corrected chi connectivity index (χ4v) is 4.53. The van der Waals surface area contributed by atoms with Crippen LogP contribution in [-0.2, 0) is 29.7 Å². The molecule has 2 atom stereocenters. The molecule has 2 fully saturated rings. The zero-order valence-electron chi connectivity index (χ0n) is 17.7. The van der Waals surface area contributed by atoms with E-state index in [0.717, 1.165) is 17.5 Å². The van der Waals surface area contributed by atoms with Crippen molar-refractivity contribution in [3.8, 4) is 0 Å². The largest absolute Gasteiger partial charge is 0.465 e. The Morgan fingerprint density at radius 2 is 1.65 bits per heavy atom. The van der Waals surface area contributed by atoms with Crippen LogP contribution >= 0.6 is 0 Å². The SMILES string of the molecule is CCCCOC(=O)C12CN(C)C(=O)C1(O)OOC(c1ccccc1)(c1ccccc1)C2. The Bertz CT molecular complexity index is 910. The lowest BCUT2D eigenvalue weighted by Gasteiger charge is -2.48. The lowest BCUT2D eigenvalue weighted by Crippen LogP contribution is -2.64. The number of amides is 1. The first-order valence-electron chi connectivity index (χ1n) is 10.5. The smallest absolute Gasteiger partial charge is 0.320 e. The van der Waals surface area contributed by atoms with E-state index < -0.39 is 28.7 Å². The molecule has 0 bridgehead atoms. The molecule has 7 heteroatoms. The highest BCUT2D eigenvalue weighted by Crippen LogP contribution is 2.56. The molecular formula is C24H27NO6. The second-order valence-corrected chi connectivity index (χ2v) is 8.28. The lowest BCUT2D eigenvalue weighted by molar-refractivity contribution is -0.488. The van der Waals surface area contributed by atoms with E-state index in [0.29, 0.717) is 6.42 Å². The molecule has 2 heterocycles. The summed E-state index contributed by atoms with van der Waals surface area (Å²) in [5.41, 5.74) is -1.39. The first kappa shape index (κ1) is 21.5. The second kappa shape index (κ2) is 8.07. The number of hydrogen-bond acceptors (Lipinski definition) is 6. The summed E-state index contributed by atoms with van der Waals surface area (Å²) < 4.78 is 5.54. The molecule has 164 valence electrons. The first-order valence-corrected chi connectivity index (χ1v) is 10.5. The van der Waals surface area contributed by atoms with Gasteiger partial charge in [0.25, 0.3) is 11.7 Å². The van der Waals surface area contributed by atoms with E-state index in [1.54, 1.807) is 0 Å². The Morgan fingerprint density at radius 1 is 1.06 bits per heavy atom. The van der Waals surface area contributed by atoms with Gasteiger partial charge in [-0.25, -0.2) is 4.89 Å². The van der Waals surface area contributed by atoms with Crippen molar-refractivity contribution in [2.24, 2.45) is 5.41 Å². The highest BCUT2D eigenvalue weighted by atomic mass is 17.2. The number of unbranched alkanes of at least 4 members (excludes halogenated alkanes) is 1. The summed E-state index contributed by atoms with van der Waals surface area (Å²) in [6, 6.07) is 18.7. The van der Waals surface area contributed by atoms with Gasteiger partial charge in [0.05, 0.1) is 6.61 Å². The van der Waals surface area contributed by atoms with Crippen LogP contribution in [-0.4, -0.2) is 47.9 Å². The zero-order valence-corrected chi connectivity index (χ0v) is 17.7. The van der Waals surface area contributed by atoms with E-state index in [2.05, 4.69) is 0 Å². The third-order valence-corrected chi connectivity index (χ3v) is 6.25. The van der Waals surface area contributed by atoms with Crippen molar-refractivity contribution in [3.63, 3.8) is 0 Å². The van der Waals surface area contributed by atoms with Crippen molar-refractivity contribution in [2.75, 3.05) is 20.2 Å². The minimum absolute atomic E-state index is 0.0223. The van der Waals surface area contributed by atoms with E-state index in [-0.39, 0.29) is 19.6 Å². The Hall–Kier alpha value is -2.74. The summed E-state index contributed by atoms with van der Waals surface area (Å²) in [7, 11) is 1.52. The van der Waals surface area contributed by atoms with Gasteiger partial charge in [0.2, 0.25) is 0 Å². The van der Waals surface area contributed by atoms with Crippen LogP contribution in [0.3, 0.4) is 0 Å². The van der Waals surface area contributed by atoms with Crippen LogP contribution in [0.1, 0.15) is 37.3 Å². The Kier molecular flexibility index (Phi) is 5.60. The van der Waals surface area contributed by atoms with Gasteiger partial charge in [-0.2, -0.15) is 4.89 Å². The maximum Gasteiger partial charge on any atom is 0.320 e. The van der Waals surface area contributed by atoms with Gasteiger partial charge in [0.1, 0.15) is 0 Å². The van der Waals surface area contributed by atoms with E-state index in [4.69, 9.17) is 14.5 Å². The normalized spacial score (nSPS) is 27.1. The number of hydrogen-bond donors (Lipinski definition) is 1. The topological polar surface area (TPSA) is 85.3 Å². The highest BCUT2D eigenvalue weighted by Gasteiger charge is 2.75. The van der Waals surface area contributed by atoms with E-state index in [1.807, 2.05) is 67.6 Å². The quantitative estimate of drug-likeness (QED) is 0.435. The number of ether oxygens (including phenoxy) is 1. The van der Waals surface area contributed by atoms with Crippen LogP contribution in [0.4, 0.5) is 0 Å². The molecule has 0 aromatic heterocycles. The monoisotopic (exact) mass is 425 g/mol. The number of benzene rings is 2. The van der Waals surface area contributed by atoms with E-state index in [9.17, 15) is 14.7 Å². The second-order valence-electron chi connectivity index (χ2n) is 8.28. The van der Waals surface area contributed by atoms with E-state index in [1.165, 1.54) is 11.9 Å². The third kappa shape index (κ3) is 3.24. The molecule has 2 unspecified atom stereocenters. The molecule has 7 nitrogen and oxygen atoms in total. The molecule has 0 saturated carbocycles. The van der Waals surface area contributed by atoms with Gasteiger partial charge in [-0.1, -0.05) is 74.0 Å². The van der Waals surface area contributed by atoms with Crippen molar-refractivity contribution in [1.82, 2.24) is 4.90 Å². The standard InChI is InChI=1S/C24H27NO6/c1-3-4-15-29-21(27)22-16-23(18-11-7-5-8-12-18,19-13-9-6-10-14-19)30-31-24(22,28)20(26)25(2)17-22/h5-14,28H,3-4,15-17H2,1-2H3. The number of fused-ring (bicyclic) bond motifs is 1. The first-order chi connectivity index (χ1) is 14.9. The van der Waals surface area contributed by atoms with Crippen molar-refractivity contribution >= 4 is 11.9 Å². The lowest BCUT2D eigenvalue weighted by atomic mass is 9.67. The predicted octanol–water partition coefficient (Wildman–Crippen LogP) is 2.77. The summed E-state index contributed by atoms with van der Waals surface area (Å²) in [6.45, 7) is 2.15. The predicted molar refractivity (Wildman–Crippen MR) is 111 cm³/mol. The summed E-state index contributed by atoms with van der Waals surface area (Å²) >= 11 is 0. The van der Waals surface area contributed by atoms with Gasteiger partial charge in [-0.05, 0) is 17.5 Å². The van der Waals surface area contributed by atoms with Crippen LogP contribution in [0.2, 0.25) is 0 Å². The molecule has 2 aliphatic rings.